The van der Waals surface area contributed by atoms with E-state index >= 15 is 0 Å². The molecule has 3 aromatic rings. The van der Waals surface area contributed by atoms with Crippen LogP contribution in [0, 0.1) is 10.1 Å². The summed E-state index contributed by atoms with van der Waals surface area (Å²) in [5.41, 5.74) is -0.774. The number of rotatable bonds is 4. The van der Waals surface area contributed by atoms with Gasteiger partial charge in [0, 0.05) is 29.2 Å². The Balaban J connectivity index is 2.15. The average Bonchev–Trinajstić information content (AvgIpc) is 2.90. The maximum Gasteiger partial charge on any atom is 0.357 e. The Kier molecular flexibility index (Phi) is 3.87. The molecule has 0 saturated carbocycles. The second-order valence-electron chi connectivity index (χ2n) is 5.15. The van der Waals surface area contributed by atoms with E-state index in [9.17, 15) is 19.7 Å². The topological polar surface area (TPSA) is 114 Å². The molecule has 2 aromatic heterocycles. The molecule has 1 aromatic carbocycles. The summed E-state index contributed by atoms with van der Waals surface area (Å²) in [6.45, 7) is 2.79. The zero-order valence-corrected chi connectivity index (χ0v) is 12.8. The van der Waals surface area contributed by atoms with Crippen LogP contribution in [0.1, 0.15) is 18.2 Å². The normalized spacial score (nSPS) is 11.4. The van der Waals surface area contributed by atoms with Gasteiger partial charge in [-0.3, -0.25) is 19.9 Å². The Morgan fingerprint density at radius 1 is 1.21 bits per heavy atom. The fourth-order valence-electron chi connectivity index (χ4n) is 2.64. The van der Waals surface area contributed by atoms with E-state index in [1.807, 2.05) is 46.9 Å². The van der Waals surface area contributed by atoms with Gasteiger partial charge in [0.05, 0.1) is 4.92 Å². The summed E-state index contributed by atoms with van der Waals surface area (Å²) in [7, 11) is 0. The molecule has 122 valence electrons. The van der Waals surface area contributed by atoms with Crippen LogP contribution in [-0.2, 0) is 6.54 Å². The van der Waals surface area contributed by atoms with E-state index in [2.05, 4.69) is 4.98 Å². The number of hydrogen-bond donors (Lipinski definition) is 2. The van der Waals surface area contributed by atoms with Crippen molar-refractivity contribution in [1.82, 2.24) is 14.5 Å². The third kappa shape index (κ3) is 2.65. The molecule has 0 aliphatic rings. The monoisotopic (exact) mass is 326 g/mol. The number of nitrogens with one attached hydrogen (secondary N) is 2. The smallest absolute Gasteiger partial charge is 0.347 e. The quantitative estimate of drug-likeness (QED) is 0.564. The SMILES string of the molecule is CCn1cc(/C=C/c2[nH]c(=O)[nH]c(=O)c2[N+](=O)[O-])c2ccccc21. The lowest BCUT2D eigenvalue weighted by Crippen LogP contribution is -2.25. The number of para-hydroxylation sites is 1. The van der Waals surface area contributed by atoms with Gasteiger partial charge in [0.2, 0.25) is 0 Å². The van der Waals surface area contributed by atoms with Crippen molar-refractivity contribution in [2.24, 2.45) is 0 Å². The molecular weight excluding hydrogens is 312 g/mol. The molecule has 8 nitrogen and oxygen atoms in total. The number of benzene rings is 1. The fraction of sp³-hybridized carbons (Fsp3) is 0.125. The lowest BCUT2D eigenvalue weighted by Gasteiger charge is -1.97. The number of H-pyrrole nitrogens is 2. The zero-order chi connectivity index (χ0) is 17.3. The number of aryl methyl sites for hydroxylation is 1. The Morgan fingerprint density at radius 2 is 1.96 bits per heavy atom. The fourth-order valence-corrected chi connectivity index (χ4v) is 2.64. The van der Waals surface area contributed by atoms with Gasteiger partial charge in [-0.2, -0.15) is 0 Å². The van der Waals surface area contributed by atoms with Gasteiger partial charge in [-0.15, -0.1) is 0 Å². The van der Waals surface area contributed by atoms with E-state index in [-0.39, 0.29) is 5.69 Å². The highest BCUT2D eigenvalue weighted by molar-refractivity contribution is 5.92. The molecule has 0 aliphatic heterocycles. The van der Waals surface area contributed by atoms with Crippen molar-refractivity contribution >= 4 is 28.7 Å². The lowest BCUT2D eigenvalue weighted by molar-refractivity contribution is -0.386. The second kappa shape index (κ2) is 5.99. The lowest BCUT2D eigenvalue weighted by atomic mass is 10.1. The molecule has 3 rings (SSSR count). The van der Waals surface area contributed by atoms with Gasteiger partial charge in [0.25, 0.3) is 0 Å². The van der Waals surface area contributed by atoms with Crippen LogP contribution in [0.5, 0.6) is 0 Å². The maximum atomic E-state index is 11.6. The Morgan fingerprint density at radius 3 is 2.67 bits per heavy atom. The molecule has 0 aliphatic carbocycles. The maximum absolute atomic E-state index is 11.6. The molecule has 0 atom stereocenters. The number of nitro groups is 1. The molecule has 0 saturated heterocycles. The minimum absolute atomic E-state index is 0.137. The van der Waals surface area contributed by atoms with Crippen molar-refractivity contribution in [2.75, 3.05) is 0 Å². The molecule has 24 heavy (non-hydrogen) atoms. The molecule has 0 amide bonds. The van der Waals surface area contributed by atoms with Crippen LogP contribution in [0.4, 0.5) is 5.69 Å². The average molecular weight is 326 g/mol. The highest BCUT2D eigenvalue weighted by atomic mass is 16.6. The van der Waals surface area contributed by atoms with Gasteiger partial charge >= 0.3 is 16.9 Å². The minimum atomic E-state index is -1.03. The van der Waals surface area contributed by atoms with E-state index in [1.165, 1.54) is 6.08 Å². The highest BCUT2D eigenvalue weighted by Gasteiger charge is 2.18. The molecule has 0 bridgehead atoms. The third-order valence-electron chi connectivity index (χ3n) is 3.72. The Labute approximate surface area is 135 Å². The van der Waals surface area contributed by atoms with Crippen LogP contribution in [-0.4, -0.2) is 19.5 Å². The summed E-state index contributed by atoms with van der Waals surface area (Å²) < 4.78 is 2.05. The van der Waals surface area contributed by atoms with Crippen LogP contribution in [0.2, 0.25) is 0 Å². The summed E-state index contributed by atoms with van der Waals surface area (Å²) in [5, 5.41) is 12.0. The van der Waals surface area contributed by atoms with Gasteiger partial charge in [-0.25, -0.2) is 4.79 Å². The Hall–Kier alpha value is -3.42. The number of aromatic amines is 2. The van der Waals surface area contributed by atoms with Crippen molar-refractivity contribution in [3.63, 3.8) is 0 Å². The van der Waals surface area contributed by atoms with E-state index < -0.39 is 21.9 Å². The first kappa shape index (κ1) is 15.5. The number of nitrogens with zero attached hydrogens (tertiary/aromatic N) is 2. The summed E-state index contributed by atoms with van der Waals surface area (Å²) in [6.07, 6.45) is 4.93. The summed E-state index contributed by atoms with van der Waals surface area (Å²) in [6, 6.07) is 7.75. The number of fused-ring (bicyclic) bond motifs is 1. The van der Waals surface area contributed by atoms with Gasteiger partial charge in [0.15, 0.2) is 0 Å². The highest BCUT2D eigenvalue weighted by Crippen LogP contribution is 2.23. The molecule has 2 heterocycles. The van der Waals surface area contributed by atoms with Gasteiger partial charge in [-0.05, 0) is 19.1 Å². The van der Waals surface area contributed by atoms with Crippen LogP contribution in [0.15, 0.2) is 40.1 Å². The first-order chi connectivity index (χ1) is 11.5. The number of hydrogen-bond acceptors (Lipinski definition) is 4. The molecule has 2 N–H and O–H groups in total. The number of aromatic nitrogens is 3. The molecule has 0 spiro atoms. The summed E-state index contributed by atoms with van der Waals surface area (Å²) >= 11 is 0. The summed E-state index contributed by atoms with van der Waals surface area (Å²) in [5.74, 6) is 0. The molecule has 8 heteroatoms. The van der Waals surface area contributed by atoms with Crippen LogP contribution < -0.4 is 11.2 Å². The van der Waals surface area contributed by atoms with E-state index in [0.29, 0.717) is 0 Å². The largest absolute Gasteiger partial charge is 0.357 e. The van der Waals surface area contributed by atoms with Crippen molar-refractivity contribution in [2.45, 2.75) is 13.5 Å². The summed E-state index contributed by atoms with van der Waals surface area (Å²) in [4.78, 5) is 37.4. The van der Waals surface area contributed by atoms with E-state index in [0.717, 1.165) is 23.0 Å². The standard InChI is InChI=1S/C16H14N4O4/c1-2-19-9-10(11-5-3-4-6-13(11)19)7-8-12-14(20(23)24)15(21)18-16(22)17-12/h3-9H,2H2,1H3,(H2,17,18,21,22)/b8-7+. The van der Waals surface area contributed by atoms with Crippen LogP contribution >= 0.6 is 0 Å². The first-order valence-electron chi connectivity index (χ1n) is 7.28. The van der Waals surface area contributed by atoms with Gasteiger partial charge in [-0.1, -0.05) is 24.3 Å². The second-order valence-corrected chi connectivity index (χ2v) is 5.15. The van der Waals surface area contributed by atoms with Crippen molar-refractivity contribution in [3.05, 3.63) is 72.7 Å². The van der Waals surface area contributed by atoms with E-state index in [1.54, 1.807) is 6.08 Å². The van der Waals surface area contributed by atoms with Crippen LogP contribution in [0.3, 0.4) is 0 Å². The van der Waals surface area contributed by atoms with Crippen LogP contribution in [0.25, 0.3) is 23.1 Å². The predicted molar refractivity (Wildman–Crippen MR) is 90.9 cm³/mol. The minimum Gasteiger partial charge on any atom is -0.347 e. The van der Waals surface area contributed by atoms with Gasteiger partial charge < -0.3 is 9.55 Å². The molecule has 0 unspecified atom stereocenters. The van der Waals surface area contributed by atoms with Crippen molar-refractivity contribution < 1.29 is 4.92 Å². The van der Waals surface area contributed by atoms with Crippen molar-refractivity contribution in [3.8, 4) is 0 Å². The first-order valence-corrected chi connectivity index (χ1v) is 7.28. The molecule has 0 fully saturated rings. The third-order valence-corrected chi connectivity index (χ3v) is 3.72. The molecular formula is C16H14N4O4. The van der Waals surface area contributed by atoms with Gasteiger partial charge in [0.1, 0.15) is 5.69 Å². The zero-order valence-electron chi connectivity index (χ0n) is 12.8. The Bertz CT molecular complexity index is 1070. The van der Waals surface area contributed by atoms with Crippen molar-refractivity contribution in [1.29, 1.82) is 0 Å². The van der Waals surface area contributed by atoms with E-state index in [4.69, 9.17) is 0 Å². The predicted octanol–water partition coefficient (Wildman–Crippen LogP) is 2.12. The molecule has 0 radical (unpaired) electrons.